The minimum atomic E-state index is -3.69. The molecule has 2 rings (SSSR count). The number of nitrogens with two attached hydrogens (primary N) is 1. The average molecular weight is 370 g/mol. The second-order valence-corrected chi connectivity index (χ2v) is 6.60. The molecule has 0 saturated carbocycles. The van der Waals surface area contributed by atoms with E-state index in [1.807, 2.05) is 0 Å². The highest BCUT2D eigenvalue weighted by Gasteiger charge is 2.17. The Labute approximate surface area is 130 Å². The first-order chi connectivity index (χ1) is 9.94. The maximum atomic E-state index is 12.3. The van der Waals surface area contributed by atoms with Crippen LogP contribution in [0.4, 0.5) is 5.69 Å². The molecule has 0 aliphatic carbocycles. The molecule has 0 aliphatic rings. The van der Waals surface area contributed by atoms with Crippen LogP contribution in [-0.2, 0) is 10.0 Å². The van der Waals surface area contributed by atoms with Crippen LogP contribution in [-0.4, -0.2) is 19.5 Å². The molecule has 0 spiro atoms. The summed E-state index contributed by atoms with van der Waals surface area (Å²) in [4.78, 5) is 0.144. The second-order valence-electron chi connectivity index (χ2n) is 4.10. The van der Waals surface area contributed by atoms with Gasteiger partial charge in [0, 0.05) is 15.7 Å². The summed E-state index contributed by atoms with van der Waals surface area (Å²) in [7, 11) is -3.69. The van der Waals surface area contributed by atoms with Crippen LogP contribution in [0.2, 0.25) is 0 Å². The number of hydrogen-bond acceptors (Lipinski definition) is 4. The van der Waals surface area contributed by atoms with Crippen LogP contribution in [0.3, 0.4) is 0 Å². The van der Waals surface area contributed by atoms with Crippen molar-refractivity contribution >= 4 is 37.5 Å². The van der Waals surface area contributed by atoms with Gasteiger partial charge in [-0.05, 0) is 52.3 Å². The third-order valence-corrected chi connectivity index (χ3v) is 5.06. The Morgan fingerprint density at radius 2 is 1.76 bits per heavy atom. The first-order valence-corrected chi connectivity index (χ1v) is 8.07. The Balaban J connectivity index is 2.28. The SMILES string of the molecule is N/C(=N/O)c1ccc(NS(=O)(=O)c2ccccc2Br)cc1. The second kappa shape index (κ2) is 6.15. The van der Waals surface area contributed by atoms with Gasteiger partial charge >= 0.3 is 0 Å². The molecule has 0 heterocycles. The molecule has 0 aliphatic heterocycles. The number of anilines is 1. The van der Waals surface area contributed by atoms with Gasteiger partial charge in [-0.2, -0.15) is 0 Å². The zero-order valence-corrected chi connectivity index (χ0v) is 13.1. The lowest BCUT2D eigenvalue weighted by Crippen LogP contribution is -2.15. The molecular formula is C13H12BrN3O3S. The van der Waals surface area contributed by atoms with Crippen molar-refractivity contribution in [3.05, 3.63) is 58.6 Å². The number of nitrogens with zero attached hydrogens (tertiary/aromatic N) is 1. The lowest BCUT2D eigenvalue weighted by atomic mass is 10.2. The molecule has 0 fully saturated rings. The molecule has 0 amide bonds. The van der Waals surface area contributed by atoms with Gasteiger partial charge < -0.3 is 10.9 Å². The van der Waals surface area contributed by atoms with Crippen LogP contribution in [0.15, 0.2) is 63.1 Å². The molecule has 0 atom stereocenters. The van der Waals surface area contributed by atoms with Gasteiger partial charge in [-0.3, -0.25) is 4.72 Å². The number of halogens is 1. The fourth-order valence-corrected chi connectivity index (χ4v) is 3.70. The van der Waals surface area contributed by atoms with Crippen molar-refractivity contribution in [2.45, 2.75) is 4.90 Å². The zero-order chi connectivity index (χ0) is 15.5. The molecule has 0 radical (unpaired) electrons. The van der Waals surface area contributed by atoms with Crippen LogP contribution in [0, 0.1) is 0 Å². The summed E-state index contributed by atoms with van der Waals surface area (Å²) in [6.07, 6.45) is 0. The predicted molar refractivity (Wildman–Crippen MR) is 83.9 cm³/mol. The van der Waals surface area contributed by atoms with Gasteiger partial charge in [0.05, 0.1) is 0 Å². The molecule has 2 aromatic rings. The fourth-order valence-electron chi connectivity index (χ4n) is 1.64. The highest BCUT2D eigenvalue weighted by molar-refractivity contribution is 9.10. The summed E-state index contributed by atoms with van der Waals surface area (Å²) in [6.45, 7) is 0. The van der Waals surface area contributed by atoms with E-state index in [9.17, 15) is 8.42 Å². The topological polar surface area (TPSA) is 105 Å². The van der Waals surface area contributed by atoms with E-state index in [0.29, 0.717) is 15.7 Å². The highest BCUT2D eigenvalue weighted by Crippen LogP contribution is 2.23. The van der Waals surface area contributed by atoms with Gasteiger partial charge in [0.2, 0.25) is 0 Å². The maximum absolute atomic E-state index is 12.3. The quantitative estimate of drug-likeness (QED) is 0.333. The molecule has 21 heavy (non-hydrogen) atoms. The van der Waals surface area contributed by atoms with E-state index in [1.165, 1.54) is 18.2 Å². The molecular weight excluding hydrogens is 358 g/mol. The normalized spacial score (nSPS) is 12.1. The van der Waals surface area contributed by atoms with Crippen LogP contribution in [0.25, 0.3) is 0 Å². The number of nitrogens with one attached hydrogen (secondary N) is 1. The van der Waals surface area contributed by atoms with Crippen molar-refractivity contribution in [1.29, 1.82) is 0 Å². The smallest absolute Gasteiger partial charge is 0.263 e. The molecule has 8 heteroatoms. The Bertz CT molecular complexity index is 774. The molecule has 0 unspecified atom stereocenters. The first kappa shape index (κ1) is 15.3. The summed E-state index contributed by atoms with van der Waals surface area (Å²) in [5.41, 5.74) is 6.30. The van der Waals surface area contributed by atoms with Crippen molar-refractivity contribution < 1.29 is 13.6 Å². The standard InChI is InChI=1S/C13H12BrN3O3S/c14-11-3-1-2-4-12(11)21(19,20)17-10-7-5-9(6-8-10)13(15)16-18/h1-8,17-18H,(H2,15,16). The Kier molecular flexibility index (Phi) is 4.49. The predicted octanol–water partition coefficient (Wildman–Crippen LogP) is 2.34. The van der Waals surface area contributed by atoms with E-state index in [4.69, 9.17) is 10.9 Å². The van der Waals surface area contributed by atoms with E-state index in [2.05, 4.69) is 25.8 Å². The number of benzene rings is 2. The Morgan fingerprint density at radius 3 is 2.33 bits per heavy atom. The third-order valence-electron chi connectivity index (χ3n) is 2.67. The molecule has 2 aromatic carbocycles. The Hall–Kier alpha value is -2.06. The minimum Gasteiger partial charge on any atom is -0.409 e. The lowest BCUT2D eigenvalue weighted by Gasteiger charge is -2.10. The van der Waals surface area contributed by atoms with E-state index >= 15 is 0 Å². The van der Waals surface area contributed by atoms with Gasteiger partial charge in [0.15, 0.2) is 5.84 Å². The highest BCUT2D eigenvalue weighted by atomic mass is 79.9. The van der Waals surface area contributed by atoms with Gasteiger partial charge in [0.1, 0.15) is 4.90 Å². The van der Waals surface area contributed by atoms with E-state index in [-0.39, 0.29) is 10.7 Å². The minimum absolute atomic E-state index is 0.0461. The number of sulfonamides is 1. The van der Waals surface area contributed by atoms with Crippen molar-refractivity contribution in [1.82, 2.24) is 0 Å². The molecule has 0 bridgehead atoms. The maximum Gasteiger partial charge on any atom is 0.263 e. The van der Waals surface area contributed by atoms with Crippen molar-refractivity contribution in [2.24, 2.45) is 10.9 Å². The molecule has 110 valence electrons. The molecule has 4 N–H and O–H groups in total. The summed E-state index contributed by atoms with van der Waals surface area (Å²) in [5, 5.41) is 11.4. The average Bonchev–Trinajstić information content (AvgIpc) is 2.47. The molecule has 0 aromatic heterocycles. The first-order valence-electron chi connectivity index (χ1n) is 5.79. The number of hydrogen-bond donors (Lipinski definition) is 3. The van der Waals surface area contributed by atoms with Gasteiger partial charge in [-0.25, -0.2) is 8.42 Å². The van der Waals surface area contributed by atoms with E-state index in [1.54, 1.807) is 30.3 Å². The van der Waals surface area contributed by atoms with Crippen LogP contribution in [0.5, 0.6) is 0 Å². The van der Waals surface area contributed by atoms with Crippen LogP contribution < -0.4 is 10.5 Å². The summed E-state index contributed by atoms with van der Waals surface area (Å²) >= 11 is 3.21. The van der Waals surface area contributed by atoms with Crippen LogP contribution >= 0.6 is 15.9 Å². The number of rotatable bonds is 4. The summed E-state index contributed by atoms with van der Waals surface area (Å²) < 4.78 is 27.5. The van der Waals surface area contributed by atoms with Crippen molar-refractivity contribution in [3.63, 3.8) is 0 Å². The third kappa shape index (κ3) is 3.53. The summed E-state index contributed by atoms with van der Waals surface area (Å²) in [5.74, 6) is -0.0461. The molecule has 6 nitrogen and oxygen atoms in total. The van der Waals surface area contributed by atoms with Crippen molar-refractivity contribution in [3.8, 4) is 0 Å². The van der Waals surface area contributed by atoms with Crippen molar-refractivity contribution in [2.75, 3.05) is 4.72 Å². The van der Waals surface area contributed by atoms with Gasteiger partial charge in [0.25, 0.3) is 10.0 Å². The number of amidine groups is 1. The fraction of sp³-hybridized carbons (Fsp3) is 0. The van der Waals surface area contributed by atoms with Gasteiger partial charge in [-0.15, -0.1) is 0 Å². The van der Waals surface area contributed by atoms with Gasteiger partial charge in [-0.1, -0.05) is 17.3 Å². The number of oxime groups is 1. The lowest BCUT2D eigenvalue weighted by molar-refractivity contribution is 0.318. The summed E-state index contributed by atoms with van der Waals surface area (Å²) in [6, 6.07) is 12.7. The van der Waals surface area contributed by atoms with Crippen LogP contribution in [0.1, 0.15) is 5.56 Å². The van der Waals surface area contributed by atoms with E-state index < -0.39 is 10.0 Å². The Morgan fingerprint density at radius 1 is 1.14 bits per heavy atom. The van der Waals surface area contributed by atoms with E-state index in [0.717, 1.165) is 0 Å². The zero-order valence-electron chi connectivity index (χ0n) is 10.7. The molecule has 0 saturated heterocycles. The monoisotopic (exact) mass is 369 g/mol. The largest absolute Gasteiger partial charge is 0.409 e.